The maximum atomic E-state index is 12.9. The molecule has 3 rings (SSSR count). The molecule has 0 saturated carbocycles. The molecule has 29 heavy (non-hydrogen) atoms. The van der Waals surface area contributed by atoms with E-state index in [0.717, 1.165) is 5.56 Å². The first kappa shape index (κ1) is 21.0. The zero-order valence-corrected chi connectivity index (χ0v) is 17.3. The molecule has 0 radical (unpaired) electrons. The van der Waals surface area contributed by atoms with Crippen molar-refractivity contribution in [1.29, 1.82) is 0 Å². The third-order valence-corrected chi connectivity index (χ3v) is 6.71. The van der Waals surface area contributed by atoms with Crippen molar-refractivity contribution in [2.45, 2.75) is 18.7 Å². The van der Waals surface area contributed by atoms with Crippen LogP contribution in [-0.2, 0) is 14.8 Å². The molecule has 1 aliphatic rings. The number of rotatable bonds is 5. The van der Waals surface area contributed by atoms with Gasteiger partial charge in [-0.15, -0.1) is 0 Å². The second-order valence-electron chi connectivity index (χ2n) is 6.81. The Morgan fingerprint density at radius 3 is 2.21 bits per heavy atom. The van der Waals surface area contributed by atoms with E-state index in [1.807, 2.05) is 25.1 Å². The van der Waals surface area contributed by atoms with Crippen LogP contribution < -0.4 is 0 Å². The first-order valence-corrected chi connectivity index (χ1v) is 10.9. The maximum Gasteiger partial charge on any atom is 0.338 e. The number of benzene rings is 2. The van der Waals surface area contributed by atoms with Crippen LogP contribution in [0.2, 0.25) is 0 Å². The lowest BCUT2D eigenvalue weighted by molar-refractivity contribution is 0.0526. The fourth-order valence-electron chi connectivity index (χ4n) is 3.22. The molecule has 8 heteroatoms. The molecule has 0 spiro atoms. The van der Waals surface area contributed by atoms with Crippen molar-refractivity contribution < 1.29 is 22.7 Å². The lowest BCUT2D eigenvalue weighted by Crippen LogP contribution is -2.50. The van der Waals surface area contributed by atoms with E-state index >= 15 is 0 Å². The van der Waals surface area contributed by atoms with Crippen LogP contribution in [0.3, 0.4) is 0 Å². The van der Waals surface area contributed by atoms with Crippen LogP contribution in [0.15, 0.2) is 53.4 Å². The summed E-state index contributed by atoms with van der Waals surface area (Å²) in [5.74, 6) is -0.579. The molecule has 1 fully saturated rings. The summed E-state index contributed by atoms with van der Waals surface area (Å²) < 4.78 is 32.1. The molecule has 0 bridgehead atoms. The van der Waals surface area contributed by atoms with Crippen LogP contribution in [0.4, 0.5) is 0 Å². The average molecular weight is 416 g/mol. The van der Waals surface area contributed by atoms with Gasteiger partial charge in [0.25, 0.3) is 5.91 Å². The number of ether oxygens (including phenoxy) is 1. The summed E-state index contributed by atoms with van der Waals surface area (Å²) in [6, 6.07) is 13.1. The molecule has 2 aromatic carbocycles. The van der Waals surface area contributed by atoms with Gasteiger partial charge in [-0.1, -0.05) is 17.7 Å². The van der Waals surface area contributed by atoms with Crippen molar-refractivity contribution in [2.24, 2.45) is 0 Å². The van der Waals surface area contributed by atoms with Gasteiger partial charge in [0.05, 0.1) is 17.1 Å². The maximum absolute atomic E-state index is 12.9. The van der Waals surface area contributed by atoms with Crippen molar-refractivity contribution in [1.82, 2.24) is 9.21 Å². The van der Waals surface area contributed by atoms with Crippen LogP contribution in [0.25, 0.3) is 0 Å². The predicted octanol–water partition coefficient (Wildman–Crippen LogP) is 2.32. The highest BCUT2D eigenvalue weighted by Crippen LogP contribution is 2.19. The Kier molecular flexibility index (Phi) is 6.34. The van der Waals surface area contributed by atoms with E-state index < -0.39 is 16.0 Å². The van der Waals surface area contributed by atoms with Gasteiger partial charge in [-0.2, -0.15) is 4.31 Å². The minimum absolute atomic E-state index is 0.0930. The van der Waals surface area contributed by atoms with E-state index in [1.54, 1.807) is 17.9 Å². The monoisotopic (exact) mass is 416 g/mol. The van der Waals surface area contributed by atoms with Crippen molar-refractivity contribution in [3.63, 3.8) is 0 Å². The highest BCUT2D eigenvalue weighted by Gasteiger charge is 2.30. The molecule has 7 nitrogen and oxygen atoms in total. The number of amides is 1. The van der Waals surface area contributed by atoms with E-state index in [4.69, 9.17) is 4.74 Å². The van der Waals surface area contributed by atoms with Crippen LogP contribution in [0.5, 0.6) is 0 Å². The number of esters is 1. The third kappa shape index (κ3) is 4.65. The van der Waals surface area contributed by atoms with Crippen LogP contribution >= 0.6 is 0 Å². The smallest absolute Gasteiger partial charge is 0.338 e. The summed E-state index contributed by atoms with van der Waals surface area (Å²) in [6.45, 7) is 4.98. The normalized spacial score (nSPS) is 15.2. The number of hydrogen-bond acceptors (Lipinski definition) is 5. The Balaban J connectivity index is 1.66. The zero-order chi connectivity index (χ0) is 21.0. The molecule has 1 saturated heterocycles. The molecule has 1 aliphatic heterocycles. The van der Waals surface area contributed by atoms with Gasteiger partial charge in [-0.3, -0.25) is 4.79 Å². The summed E-state index contributed by atoms with van der Waals surface area (Å²) in [7, 11) is -3.69. The number of sulfonamides is 1. The number of piperazine rings is 1. The van der Waals surface area contributed by atoms with Crippen LogP contribution in [0.1, 0.15) is 33.2 Å². The average Bonchev–Trinajstić information content (AvgIpc) is 2.73. The summed E-state index contributed by atoms with van der Waals surface area (Å²) >= 11 is 0. The highest BCUT2D eigenvalue weighted by atomic mass is 32.2. The second kappa shape index (κ2) is 8.75. The SMILES string of the molecule is CCOC(=O)c1ccc(S(=O)(=O)N2CCN(C(=O)c3cccc(C)c3)CC2)cc1. The van der Waals surface area contributed by atoms with Gasteiger partial charge in [-0.05, 0) is 50.2 Å². The van der Waals surface area contributed by atoms with Crippen molar-refractivity contribution in [3.05, 3.63) is 65.2 Å². The quantitative estimate of drug-likeness (QED) is 0.699. The van der Waals surface area contributed by atoms with E-state index in [0.29, 0.717) is 24.2 Å². The molecule has 0 atom stereocenters. The molecule has 0 N–H and O–H groups in total. The van der Waals surface area contributed by atoms with E-state index in [9.17, 15) is 18.0 Å². The Morgan fingerprint density at radius 2 is 1.62 bits per heavy atom. The number of hydrogen-bond donors (Lipinski definition) is 0. The number of nitrogens with zero attached hydrogens (tertiary/aromatic N) is 2. The summed E-state index contributed by atoms with van der Waals surface area (Å²) in [5, 5.41) is 0. The first-order valence-electron chi connectivity index (χ1n) is 9.46. The lowest BCUT2D eigenvalue weighted by atomic mass is 10.1. The largest absolute Gasteiger partial charge is 0.462 e. The minimum Gasteiger partial charge on any atom is -0.462 e. The molecule has 1 heterocycles. The fraction of sp³-hybridized carbons (Fsp3) is 0.333. The third-order valence-electron chi connectivity index (χ3n) is 4.79. The summed E-state index contributed by atoms with van der Waals surface area (Å²) in [4.78, 5) is 26.2. The molecule has 2 aromatic rings. The first-order chi connectivity index (χ1) is 13.8. The van der Waals surface area contributed by atoms with Gasteiger partial charge in [0.15, 0.2) is 0 Å². The van der Waals surface area contributed by atoms with E-state index in [2.05, 4.69) is 0 Å². The van der Waals surface area contributed by atoms with Gasteiger partial charge in [0, 0.05) is 31.7 Å². The minimum atomic E-state index is -3.69. The zero-order valence-electron chi connectivity index (χ0n) is 16.5. The molecule has 1 amide bonds. The van der Waals surface area contributed by atoms with Gasteiger partial charge in [-0.25, -0.2) is 13.2 Å². The predicted molar refractivity (Wildman–Crippen MR) is 108 cm³/mol. The molecular weight excluding hydrogens is 392 g/mol. The number of aryl methyl sites for hydroxylation is 1. The van der Waals surface area contributed by atoms with Crippen LogP contribution in [0, 0.1) is 6.92 Å². The standard InChI is InChI=1S/C21H24N2O5S/c1-3-28-21(25)17-7-9-19(10-8-17)29(26,27)23-13-11-22(12-14-23)20(24)18-6-4-5-16(2)15-18/h4-10,15H,3,11-14H2,1-2H3. The Bertz CT molecular complexity index is 994. The second-order valence-corrected chi connectivity index (χ2v) is 8.75. The van der Waals surface area contributed by atoms with Gasteiger partial charge >= 0.3 is 5.97 Å². The summed E-state index contributed by atoms with van der Waals surface area (Å²) in [6.07, 6.45) is 0. The Hall–Kier alpha value is -2.71. The topological polar surface area (TPSA) is 84.0 Å². The van der Waals surface area contributed by atoms with Gasteiger partial charge < -0.3 is 9.64 Å². The molecule has 0 aliphatic carbocycles. The lowest BCUT2D eigenvalue weighted by Gasteiger charge is -2.34. The van der Waals surface area contributed by atoms with Crippen molar-refractivity contribution >= 4 is 21.9 Å². The highest BCUT2D eigenvalue weighted by molar-refractivity contribution is 7.89. The Labute approximate surface area is 170 Å². The van der Waals surface area contributed by atoms with Gasteiger partial charge in [0.1, 0.15) is 0 Å². The molecular formula is C21H24N2O5S. The molecule has 0 aromatic heterocycles. The summed E-state index contributed by atoms with van der Waals surface area (Å²) in [5.41, 5.74) is 1.92. The molecule has 154 valence electrons. The van der Waals surface area contributed by atoms with Crippen molar-refractivity contribution in [2.75, 3.05) is 32.8 Å². The molecule has 0 unspecified atom stereocenters. The number of carbonyl (C=O) groups excluding carboxylic acids is 2. The number of carbonyl (C=O) groups is 2. The van der Waals surface area contributed by atoms with Crippen molar-refractivity contribution in [3.8, 4) is 0 Å². The Morgan fingerprint density at radius 1 is 0.966 bits per heavy atom. The van der Waals surface area contributed by atoms with E-state index in [1.165, 1.54) is 28.6 Å². The van der Waals surface area contributed by atoms with Gasteiger partial charge in [0.2, 0.25) is 10.0 Å². The van der Waals surface area contributed by atoms with Crippen LogP contribution in [-0.4, -0.2) is 62.3 Å². The van der Waals surface area contributed by atoms with E-state index in [-0.39, 0.29) is 30.5 Å². The fourth-order valence-corrected chi connectivity index (χ4v) is 4.64.